The SMILES string of the molecule is CC1(C)c2ccccc2-c2ccc(N(c3ccc(B4CC(C)(C)C(C)(C)C4)cc3)c3ccc(-c4ccccc4)cc3)cc21. The maximum atomic E-state index is 2.44. The highest BCUT2D eigenvalue weighted by atomic mass is 15.1. The summed E-state index contributed by atoms with van der Waals surface area (Å²) in [5.74, 6) is 0. The number of hydrogen-bond donors (Lipinski definition) is 0. The molecule has 2 aliphatic rings. The van der Waals surface area contributed by atoms with Crippen LogP contribution in [0.1, 0.15) is 52.7 Å². The lowest BCUT2D eigenvalue weighted by molar-refractivity contribution is 0.177. The Morgan fingerprint density at radius 1 is 0.488 bits per heavy atom. The number of anilines is 3. The summed E-state index contributed by atoms with van der Waals surface area (Å²) >= 11 is 0. The smallest absolute Gasteiger partial charge is 0.176 e. The summed E-state index contributed by atoms with van der Waals surface area (Å²) in [6.07, 6.45) is 2.48. The van der Waals surface area contributed by atoms with Crippen LogP contribution in [0.4, 0.5) is 17.1 Å². The summed E-state index contributed by atoms with van der Waals surface area (Å²) in [4.78, 5) is 2.43. The molecule has 2 heteroatoms. The molecule has 1 aliphatic heterocycles. The molecule has 5 aromatic carbocycles. The first kappa shape index (κ1) is 27.8. The monoisotopic (exact) mass is 559 g/mol. The summed E-state index contributed by atoms with van der Waals surface area (Å²) < 4.78 is 0. The van der Waals surface area contributed by atoms with Crippen molar-refractivity contribution in [2.45, 2.75) is 59.6 Å². The molecule has 7 rings (SSSR count). The standard InChI is InChI=1S/C41H42BN/c1-39(2)27-42(28-40(39,3)4)31-18-22-33(23-19-31)43(32-20-16-30(17-21-32)29-12-8-7-9-13-29)34-24-25-36-35-14-10-11-15-37(35)41(5,6)38(36)26-34/h7-26H,27-28H2,1-6H3. The van der Waals surface area contributed by atoms with Gasteiger partial charge in [0, 0.05) is 22.5 Å². The first-order chi connectivity index (χ1) is 20.5. The topological polar surface area (TPSA) is 3.24 Å². The summed E-state index contributed by atoms with van der Waals surface area (Å²) in [5, 5.41) is 0. The van der Waals surface area contributed by atoms with Crippen molar-refractivity contribution in [3.8, 4) is 22.3 Å². The van der Waals surface area contributed by atoms with E-state index in [1.54, 1.807) is 0 Å². The van der Waals surface area contributed by atoms with Crippen LogP contribution >= 0.6 is 0 Å². The lowest BCUT2D eigenvalue weighted by Crippen LogP contribution is -2.27. The molecule has 1 aliphatic carbocycles. The second-order valence-electron chi connectivity index (χ2n) is 14.6. The first-order valence-electron chi connectivity index (χ1n) is 15.9. The Hall–Kier alpha value is -4.04. The van der Waals surface area contributed by atoms with Crippen molar-refractivity contribution in [2.75, 3.05) is 4.90 Å². The fourth-order valence-electron chi connectivity index (χ4n) is 7.70. The van der Waals surface area contributed by atoms with Gasteiger partial charge in [0.05, 0.1) is 0 Å². The number of rotatable bonds is 5. The maximum absolute atomic E-state index is 2.44. The van der Waals surface area contributed by atoms with Gasteiger partial charge in [-0.3, -0.25) is 0 Å². The number of hydrogen-bond acceptors (Lipinski definition) is 1. The summed E-state index contributed by atoms with van der Waals surface area (Å²) in [7, 11) is 0. The highest BCUT2D eigenvalue weighted by Crippen LogP contribution is 2.53. The Morgan fingerprint density at radius 2 is 1.00 bits per heavy atom. The molecule has 0 bridgehead atoms. The maximum Gasteiger partial charge on any atom is 0.176 e. The molecule has 1 heterocycles. The van der Waals surface area contributed by atoms with E-state index in [1.165, 1.54) is 68.5 Å². The molecule has 0 saturated carbocycles. The normalized spacial score (nSPS) is 17.4. The van der Waals surface area contributed by atoms with Gasteiger partial charge in [-0.2, -0.15) is 0 Å². The minimum absolute atomic E-state index is 0.0449. The third-order valence-electron chi connectivity index (χ3n) is 11.0. The summed E-state index contributed by atoms with van der Waals surface area (Å²) in [5.41, 5.74) is 13.7. The van der Waals surface area contributed by atoms with E-state index in [4.69, 9.17) is 0 Å². The van der Waals surface area contributed by atoms with Crippen LogP contribution in [0.25, 0.3) is 22.3 Å². The fourth-order valence-corrected chi connectivity index (χ4v) is 7.70. The van der Waals surface area contributed by atoms with Crippen molar-refractivity contribution >= 4 is 29.2 Å². The van der Waals surface area contributed by atoms with E-state index < -0.39 is 0 Å². The van der Waals surface area contributed by atoms with Crippen molar-refractivity contribution in [2.24, 2.45) is 10.8 Å². The van der Waals surface area contributed by atoms with Crippen LogP contribution in [0.3, 0.4) is 0 Å². The van der Waals surface area contributed by atoms with Gasteiger partial charge in [0.2, 0.25) is 0 Å². The number of fused-ring (bicyclic) bond motifs is 3. The van der Waals surface area contributed by atoms with E-state index in [0.29, 0.717) is 17.5 Å². The van der Waals surface area contributed by atoms with Gasteiger partial charge in [-0.15, -0.1) is 0 Å². The van der Waals surface area contributed by atoms with Crippen LogP contribution in [0.15, 0.2) is 121 Å². The van der Waals surface area contributed by atoms with Crippen LogP contribution in [-0.4, -0.2) is 6.71 Å². The highest BCUT2D eigenvalue weighted by molar-refractivity contribution is 6.74. The zero-order valence-corrected chi connectivity index (χ0v) is 26.5. The minimum atomic E-state index is -0.0449. The number of nitrogens with zero attached hydrogens (tertiary/aromatic N) is 1. The van der Waals surface area contributed by atoms with Gasteiger partial charge in [0.1, 0.15) is 0 Å². The van der Waals surface area contributed by atoms with Crippen molar-refractivity contribution in [3.05, 3.63) is 132 Å². The average Bonchev–Trinajstić information content (AvgIpc) is 3.38. The second-order valence-corrected chi connectivity index (χ2v) is 14.6. The Bertz CT molecular complexity index is 1760. The van der Waals surface area contributed by atoms with E-state index in [-0.39, 0.29) is 5.41 Å². The molecule has 0 amide bonds. The lowest BCUT2D eigenvalue weighted by Gasteiger charge is -2.35. The molecule has 0 radical (unpaired) electrons. The zero-order valence-electron chi connectivity index (χ0n) is 26.5. The molecule has 1 saturated heterocycles. The fraction of sp³-hybridized carbons (Fsp3) is 0.268. The molecule has 0 N–H and O–H groups in total. The predicted molar refractivity (Wildman–Crippen MR) is 187 cm³/mol. The molecule has 5 aromatic rings. The third kappa shape index (κ3) is 4.63. The molecular formula is C41H42BN. The molecule has 1 fully saturated rings. The van der Waals surface area contributed by atoms with E-state index in [9.17, 15) is 0 Å². The van der Waals surface area contributed by atoms with Crippen molar-refractivity contribution in [3.63, 3.8) is 0 Å². The van der Waals surface area contributed by atoms with Crippen molar-refractivity contribution < 1.29 is 0 Å². The van der Waals surface area contributed by atoms with E-state index in [2.05, 4.69) is 168 Å². The molecule has 214 valence electrons. The lowest BCUT2D eigenvalue weighted by atomic mass is 9.42. The molecule has 0 unspecified atom stereocenters. The van der Waals surface area contributed by atoms with Gasteiger partial charge in [0.25, 0.3) is 0 Å². The Balaban J connectivity index is 1.30. The van der Waals surface area contributed by atoms with Crippen LogP contribution < -0.4 is 10.4 Å². The van der Waals surface area contributed by atoms with Gasteiger partial charge in [-0.05, 0) is 80.6 Å². The Labute approximate surface area is 258 Å². The zero-order chi connectivity index (χ0) is 30.0. The molecule has 0 aromatic heterocycles. The van der Waals surface area contributed by atoms with Gasteiger partial charge in [-0.25, -0.2) is 0 Å². The molecule has 1 nitrogen and oxygen atoms in total. The summed E-state index contributed by atoms with van der Waals surface area (Å²) in [6.45, 7) is 15.1. The van der Waals surface area contributed by atoms with Crippen LogP contribution in [0, 0.1) is 10.8 Å². The third-order valence-corrected chi connectivity index (χ3v) is 11.0. The molecular weight excluding hydrogens is 517 g/mol. The van der Waals surface area contributed by atoms with Gasteiger partial charge in [0.15, 0.2) is 6.71 Å². The molecule has 0 atom stereocenters. The second kappa shape index (κ2) is 10.0. The van der Waals surface area contributed by atoms with Crippen molar-refractivity contribution in [1.29, 1.82) is 0 Å². The first-order valence-corrected chi connectivity index (χ1v) is 15.9. The summed E-state index contributed by atoms with van der Waals surface area (Å²) in [6, 6.07) is 45.1. The number of benzene rings is 5. The quantitative estimate of drug-likeness (QED) is 0.194. The Kier molecular flexibility index (Phi) is 6.47. The van der Waals surface area contributed by atoms with Crippen LogP contribution in [0.5, 0.6) is 0 Å². The minimum Gasteiger partial charge on any atom is -0.310 e. The molecule has 0 spiro atoms. The molecule has 43 heavy (non-hydrogen) atoms. The van der Waals surface area contributed by atoms with Crippen LogP contribution in [0.2, 0.25) is 12.6 Å². The van der Waals surface area contributed by atoms with Crippen LogP contribution in [-0.2, 0) is 5.41 Å². The highest BCUT2D eigenvalue weighted by Gasteiger charge is 2.48. The van der Waals surface area contributed by atoms with E-state index in [0.717, 1.165) is 0 Å². The largest absolute Gasteiger partial charge is 0.310 e. The van der Waals surface area contributed by atoms with E-state index in [1.807, 2.05) is 0 Å². The van der Waals surface area contributed by atoms with Crippen molar-refractivity contribution in [1.82, 2.24) is 0 Å². The van der Waals surface area contributed by atoms with Gasteiger partial charge in [-0.1, -0.05) is 145 Å². The van der Waals surface area contributed by atoms with E-state index >= 15 is 0 Å². The Morgan fingerprint density at radius 3 is 1.65 bits per heavy atom. The predicted octanol–water partition coefficient (Wildman–Crippen LogP) is 10.9. The average molecular weight is 560 g/mol. The van der Waals surface area contributed by atoms with Gasteiger partial charge < -0.3 is 4.90 Å². The van der Waals surface area contributed by atoms with Gasteiger partial charge >= 0.3 is 0 Å².